The smallest absolute Gasteiger partial charge is 0.253 e. The van der Waals surface area contributed by atoms with Crippen molar-refractivity contribution in [3.05, 3.63) is 29.3 Å². The van der Waals surface area contributed by atoms with Gasteiger partial charge in [0.25, 0.3) is 5.91 Å². The standard InChI is InChI=1S/C20H29N3O2/c1-14-4-3-9-23(13-14)20(25)17-7-8-18(15(2)10-17)22-19(24)12-21-11-16-5-6-16/h7-8,10,14,16,21H,3-6,9,11-13H2,1-2H3,(H,22,24)/t14-/m1/s1. The van der Waals surface area contributed by atoms with E-state index in [1.165, 1.54) is 19.3 Å². The number of amides is 2. The lowest BCUT2D eigenvalue weighted by Crippen LogP contribution is -2.39. The number of rotatable bonds is 6. The molecule has 25 heavy (non-hydrogen) atoms. The number of carbonyl (C=O) groups excluding carboxylic acids is 2. The van der Waals surface area contributed by atoms with Crippen molar-refractivity contribution in [1.82, 2.24) is 10.2 Å². The summed E-state index contributed by atoms with van der Waals surface area (Å²) in [5.41, 5.74) is 2.41. The van der Waals surface area contributed by atoms with Gasteiger partial charge in [-0.1, -0.05) is 6.92 Å². The van der Waals surface area contributed by atoms with Gasteiger partial charge in [0.05, 0.1) is 6.54 Å². The van der Waals surface area contributed by atoms with Gasteiger partial charge in [-0.25, -0.2) is 0 Å². The third kappa shape index (κ3) is 5.05. The van der Waals surface area contributed by atoms with E-state index in [9.17, 15) is 9.59 Å². The van der Waals surface area contributed by atoms with Crippen molar-refractivity contribution in [3.8, 4) is 0 Å². The summed E-state index contributed by atoms with van der Waals surface area (Å²) in [4.78, 5) is 26.6. The largest absolute Gasteiger partial charge is 0.338 e. The molecule has 0 radical (unpaired) electrons. The van der Waals surface area contributed by atoms with E-state index in [4.69, 9.17) is 0 Å². The average Bonchev–Trinajstić information content (AvgIpc) is 3.40. The molecule has 1 aliphatic heterocycles. The van der Waals surface area contributed by atoms with Crippen LogP contribution in [0.15, 0.2) is 18.2 Å². The van der Waals surface area contributed by atoms with E-state index in [1.807, 2.05) is 30.0 Å². The molecule has 0 bridgehead atoms. The molecule has 136 valence electrons. The SMILES string of the molecule is Cc1cc(C(=O)N2CCC[C@@H](C)C2)ccc1NC(=O)CNCC1CC1. The zero-order valence-corrected chi connectivity index (χ0v) is 15.3. The lowest BCUT2D eigenvalue weighted by atomic mass is 9.99. The Bertz CT molecular complexity index is 640. The summed E-state index contributed by atoms with van der Waals surface area (Å²) < 4.78 is 0. The van der Waals surface area contributed by atoms with Crippen LogP contribution in [0.25, 0.3) is 0 Å². The van der Waals surface area contributed by atoms with Gasteiger partial charge < -0.3 is 15.5 Å². The Morgan fingerprint density at radius 1 is 1.24 bits per heavy atom. The Morgan fingerprint density at radius 3 is 2.72 bits per heavy atom. The summed E-state index contributed by atoms with van der Waals surface area (Å²) in [7, 11) is 0. The predicted molar refractivity (Wildman–Crippen MR) is 99.7 cm³/mol. The first-order chi connectivity index (χ1) is 12.0. The number of benzene rings is 1. The first-order valence-corrected chi connectivity index (χ1v) is 9.43. The fourth-order valence-electron chi connectivity index (χ4n) is 3.40. The fourth-order valence-corrected chi connectivity index (χ4v) is 3.40. The van der Waals surface area contributed by atoms with Crippen LogP contribution in [0.5, 0.6) is 0 Å². The molecule has 1 saturated heterocycles. The molecule has 1 aromatic rings. The second-order valence-electron chi connectivity index (χ2n) is 7.65. The predicted octanol–water partition coefficient (Wildman–Crippen LogP) is 2.81. The molecule has 1 saturated carbocycles. The average molecular weight is 343 g/mol. The molecule has 2 aliphatic rings. The van der Waals surface area contributed by atoms with Crippen molar-refractivity contribution in [2.75, 3.05) is 31.5 Å². The number of likely N-dealkylation sites (tertiary alicyclic amines) is 1. The summed E-state index contributed by atoms with van der Waals surface area (Å²) >= 11 is 0. The highest BCUT2D eigenvalue weighted by atomic mass is 16.2. The van der Waals surface area contributed by atoms with E-state index in [-0.39, 0.29) is 11.8 Å². The first kappa shape index (κ1) is 17.9. The molecule has 1 aromatic carbocycles. The number of nitrogens with zero attached hydrogens (tertiary/aromatic N) is 1. The number of hydrogen-bond acceptors (Lipinski definition) is 3. The monoisotopic (exact) mass is 343 g/mol. The van der Waals surface area contributed by atoms with Crippen LogP contribution >= 0.6 is 0 Å². The van der Waals surface area contributed by atoms with E-state index in [0.29, 0.717) is 18.0 Å². The van der Waals surface area contributed by atoms with E-state index < -0.39 is 0 Å². The zero-order chi connectivity index (χ0) is 17.8. The summed E-state index contributed by atoms with van der Waals surface area (Å²) in [5, 5.41) is 6.12. The van der Waals surface area contributed by atoms with Gasteiger partial charge in [-0.05, 0) is 74.8 Å². The Labute approximate surface area is 150 Å². The van der Waals surface area contributed by atoms with Crippen LogP contribution in [0.1, 0.15) is 48.5 Å². The lowest BCUT2D eigenvalue weighted by Gasteiger charge is -2.31. The molecule has 0 aromatic heterocycles. The highest BCUT2D eigenvalue weighted by molar-refractivity contribution is 5.97. The van der Waals surface area contributed by atoms with Crippen LogP contribution in [0, 0.1) is 18.8 Å². The summed E-state index contributed by atoms with van der Waals surface area (Å²) in [6.45, 7) is 7.07. The van der Waals surface area contributed by atoms with Crippen LogP contribution < -0.4 is 10.6 Å². The molecule has 5 heteroatoms. The van der Waals surface area contributed by atoms with E-state index in [2.05, 4.69) is 17.6 Å². The summed E-state index contributed by atoms with van der Waals surface area (Å²) in [6.07, 6.45) is 4.83. The number of nitrogens with one attached hydrogen (secondary N) is 2. The van der Waals surface area contributed by atoms with Crippen molar-refractivity contribution < 1.29 is 9.59 Å². The van der Waals surface area contributed by atoms with Gasteiger partial charge in [0, 0.05) is 24.3 Å². The van der Waals surface area contributed by atoms with E-state index in [0.717, 1.165) is 43.2 Å². The molecule has 1 aliphatic carbocycles. The van der Waals surface area contributed by atoms with Crippen LogP contribution in [-0.4, -0.2) is 42.9 Å². The quantitative estimate of drug-likeness (QED) is 0.835. The van der Waals surface area contributed by atoms with Crippen molar-refractivity contribution >= 4 is 17.5 Å². The minimum atomic E-state index is -0.0346. The molecule has 0 unspecified atom stereocenters. The Balaban J connectivity index is 1.55. The second kappa shape index (κ2) is 8.00. The Kier molecular flexibility index (Phi) is 5.74. The van der Waals surface area contributed by atoms with Gasteiger partial charge in [-0.3, -0.25) is 9.59 Å². The molecule has 3 rings (SSSR count). The molecule has 2 N–H and O–H groups in total. The van der Waals surface area contributed by atoms with Gasteiger partial charge in [-0.2, -0.15) is 0 Å². The van der Waals surface area contributed by atoms with Gasteiger partial charge >= 0.3 is 0 Å². The lowest BCUT2D eigenvalue weighted by molar-refractivity contribution is -0.115. The Morgan fingerprint density at radius 2 is 2.04 bits per heavy atom. The number of anilines is 1. The normalized spacial score (nSPS) is 20.4. The molecular formula is C20H29N3O2. The summed E-state index contributed by atoms with van der Waals surface area (Å²) in [6, 6.07) is 5.55. The number of piperidine rings is 1. The fraction of sp³-hybridized carbons (Fsp3) is 0.600. The Hall–Kier alpha value is -1.88. The minimum absolute atomic E-state index is 0.0346. The molecule has 0 spiro atoms. The van der Waals surface area contributed by atoms with Gasteiger partial charge in [0.2, 0.25) is 5.91 Å². The molecule has 1 heterocycles. The van der Waals surface area contributed by atoms with Gasteiger partial charge in [0.15, 0.2) is 0 Å². The zero-order valence-electron chi connectivity index (χ0n) is 15.3. The van der Waals surface area contributed by atoms with Gasteiger partial charge in [0.1, 0.15) is 0 Å². The maximum absolute atomic E-state index is 12.7. The van der Waals surface area contributed by atoms with Crippen molar-refractivity contribution in [2.24, 2.45) is 11.8 Å². The molecule has 1 atom stereocenters. The maximum atomic E-state index is 12.7. The minimum Gasteiger partial charge on any atom is -0.338 e. The van der Waals surface area contributed by atoms with E-state index in [1.54, 1.807) is 0 Å². The molecule has 2 fully saturated rings. The first-order valence-electron chi connectivity index (χ1n) is 9.43. The molecular weight excluding hydrogens is 314 g/mol. The third-order valence-corrected chi connectivity index (χ3v) is 5.11. The number of carbonyl (C=O) groups is 2. The third-order valence-electron chi connectivity index (χ3n) is 5.11. The van der Waals surface area contributed by atoms with Gasteiger partial charge in [-0.15, -0.1) is 0 Å². The van der Waals surface area contributed by atoms with Crippen LogP contribution in [-0.2, 0) is 4.79 Å². The van der Waals surface area contributed by atoms with E-state index >= 15 is 0 Å². The second-order valence-corrected chi connectivity index (χ2v) is 7.65. The highest BCUT2D eigenvalue weighted by Gasteiger charge is 2.23. The maximum Gasteiger partial charge on any atom is 0.253 e. The number of aryl methyl sites for hydroxylation is 1. The van der Waals surface area contributed by atoms with Crippen molar-refractivity contribution in [1.29, 1.82) is 0 Å². The van der Waals surface area contributed by atoms with Crippen LogP contribution in [0.2, 0.25) is 0 Å². The van der Waals surface area contributed by atoms with Crippen LogP contribution in [0.4, 0.5) is 5.69 Å². The van der Waals surface area contributed by atoms with Crippen LogP contribution in [0.3, 0.4) is 0 Å². The van der Waals surface area contributed by atoms with Crippen molar-refractivity contribution in [3.63, 3.8) is 0 Å². The number of hydrogen-bond donors (Lipinski definition) is 2. The topological polar surface area (TPSA) is 61.4 Å². The molecule has 5 nitrogen and oxygen atoms in total. The van der Waals surface area contributed by atoms with Crippen molar-refractivity contribution in [2.45, 2.75) is 39.5 Å². The highest BCUT2D eigenvalue weighted by Crippen LogP contribution is 2.27. The molecule has 2 amide bonds. The summed E-state index contributed by atoms with van der Waals surface area (Å²) in [5.74, 6) is 1.39.